The smallest absolute Gasteiger partial charge is 0.233 e. The number of hydrogen-bond donors (Lipinski definition) is 3. The second-order valence-electron chi connectivity index (χ2n) is 4.55. The summed E-state index contributed by atoms with van der Waals surface area (Å²) in [5.41, 5.74) is 1.89. The molecule has 7 nitrogen and oxygen atoms in total. The molecule has 0 saturated heterocycles. The average molecular weight is 285 g/mol. The van der Waals surface area contributed by atoms with Crippen LogP contribution in [0.15, 0.2) is 24.4 Å². The standard InChI is InChI=1S/C14H15N5O2/c1-3-21-12-9-6-8(2)4-5-10(9)16-14(18-12)19-13-15-7-11(20)17-13/h4-7,20H,3H2,1-2H3,(H2,15,16,17,18,19). The van der Waals surface area contributed by atoms with Crippen molar-refractivity contribution < 1.29 is 9.84 Å². The first kappa shape index (κ1) is 13.2. The fraction of sp³-hybridized carbons (Fsp3) is 0.214. The van der Waals surface area contributed by atoms with E-state index in [-0.39, 0.29) is 5.88 Å². The number of hydrogen-bond acceptors (Lipinski definition) is 6. The van der Waals surface area contributed by atoms with Crippen LogP contribution in [-0.2, 0) is 0 Å². The summed E-state index contributed by atoms with van der Waals surface area (Å²) in [5.74, 6) is 1.20. The number of aromatic hydroxyl groups is 1. The second-order valence-corrected chi connectivity index (χ2v) is 4.55. The molecule has 0 aliphatic carbocycles. The summed E-state index contributed by atoms with van der Waals surface area (Å²) in [5, 5.41) is 13.0. The van der Waals surface area contributed by atoms with E-state index in [1.165, 1.54) is 6.20 Å². The first-order valence-electron chi connectivity index (χ1n) is 6.58. The van der Waals surface area contributed by atoms with Crippen molar-refractivity contribution in [2.45, 2.75) is 13.8 Å². The normalized spacial score (nSPS) is 10.8. The summed E-state index contributed by atoms with van der Waals surface area (Å²) in [6, 6.07) is 5.88. The monoisotopic (exact) mass is 285 g/mol. The SMILES string of the molecule is CCOc1nc(Nc2ncc(O)[nH]2)nc2ccc(C)cc12. The van der Waals surface area contributed by atoms with Crippen molar-refractivity contribution in [2.75, 3.05) is 11.9 Å². The van der Waals surface area contributed by atoms with Gasteiger partial charge in [-0.3, -0.25) is 10.3 Å². The Morgan fingerprint density at radius 3 is 2.90 bits per heavy atom. The molecule has 108 valence electrons. The summed E-state index contributed by atoms with van der Waals surface area (Å²) in [6.07, 6.45) is 1.30. The van der Waals surface area contributed by atoms with Gasteiger partial charge < -0.3 is 9.84 Å². The molecule has 2 aromatic heterocycles. The molecule has 0 amide bonds. The molecule has 0 fully saturated rings. The molecule has 0 aliphatic heterocycles. The van der Waals surface area contributed by atoms with Gasteiger partial charge in [0.1, 0.15) is 0 Å². The number of H-pyrrole nitrogens is 1. The Hall–Kier alpha value is -2.83. The number of fused-ring (bicyclic) bond motifs is 1. The maximum atomic E-state index is 9.25. The third-order valence-electron chi connectivity index (χ3n) is 2.89. The Kier molecular flexibility index (Phi) is 3.31. The van der Waals surface area contributed by atoms with E-state index in [0.717, 1.165) is 16.5 Å². The van der Waals surface area contributed by atoms with Crippen LogP contribution in [0.25, 0.3) is 10.9 Å². The predicted molar refractivity (Wildman–Crippen MR) is 79.0 cm³/mol. The highest BCUT2D eigenvalue weighted by Crippen LogP contribution is 2.26. The van der Waals surface area contributed by atoms with E-state index < -0.39 is 0 Å². The van der Waals surface area contributed by atoms with Gasteiger partial charge in [-0.25, -0.2) is 9.97 Å². The van der Waals surface area contributed by atoms with E-state index in [2.05, 4.69) is 25.3 Å². The molecule has 21 heavy (non-hydrogen) atoms. The van der Waals surface area contributed by atoms with Crippen molar-refractivity contribution in [1.29, 1.82) is 0 Å². The van der Waals surface area contributed by atoms with Gasteiger partial charge in [0.05, 0.1) is 23.7 Å². The first-order valence-corrected chi connectivity index (χ1v) is 6.58. The molecule has 3 rings (SSSR count). The fourth-order valence-corrected chi connectivity index (χ4v) is 2.00. The molecular formula is C14H15N5O2. The molecule has 3 N–H and O–H groups in total. The highest BCUT2D eigenvalue weighted by atomic mass is 16.5. The third-order valence-corrected chi connectivity index (χ3v) is 2.89. The van der Waals surface area contributed by atoms with Crippen LogP contribution in [0.1, 0.15) is 12.5 Å². The van der Waals surface area contributed by atoms with Gasteiger partial charge in [-0.15, -0.1) is 0 Å². The van der Waals surface area contributed by atoms with Crippen LogP contribution in [0.2, 0.25) is 0 Å². The van der Waals surface area contributed by atoms with Crippen molar-refractivity contribution in [3.05, 3.63) is 30.0 Å². The van der Waals surface area contributed by atoms with Gasteiger partial charge in [-0.1, -0.05) is 11.6 Å². The largest absolute Gasteiger partial charge is 0.493 e. The van der Waals surface area contributed by atoms with Crippen molar-refractivity contribution >= 4 is 22.8 Å². The third kappa shape index (κ3) is 2.71. The van der Waals surface area contributed by atoms with E-state index in [0.29, 0.717) is 24.4 Å². The quantitative estimate of drug-likeness (QED) is 0.681. The number of aromatic amines is 1. The predicted octanol–water partition coefficient (Wildman–Crippen LogP) is 2.51. The highest BCUT2D eigenvalue weighted by molar-refractivity contribution is 5.85. The van der Waals surface area contributed by atoms with Crippen LogP contribution in [0.5, 0.6) is 11.8 Å². The molecule has 0 radical (unpaired) electrons. The number of anilines is 2. The zero-order valence-electron chi connectivity index (χ0n) is 11.7. The number of nitrogens with zero attached hydrogens (tertiary/aromatic N) is 3. The minimum Gasteiger partial charge on any atom is -0.493 e. The van der Waals surface area contributed by atoms with Gasteiger partial charge in [0.2, 0.25) is 23.7 Å². The molecule has 7 heteroatoms. The number of benzene rings is 1. The number of rotatable bonds is 4. The number of ether oxygens (including phenoxy) is 1. The van der Waals surface area contributed by atoms with Gasteiger partial charge in [0, 0.05) is 0 Å². The van der Waals surface area contributed by atoms with Gasteiger partial charge >= 0.3 is 0 Å². The van der Waals surface area contributed by atoms with Crippen molar-refractivity contribution in [3.63, 3.8) is 0 Å². The van der Waals surface area contributed by atoms with E-state index in [4.69, 9.17) is 4.74 Å². The lowest BCUT2D eigenvalue weighted by atomic mass is 10.1. The molecule has 0 aliphatic rings. The molecule has 0 saturated carbocycles. The van der Waals surface area contributed by atoms with Crippen molar-refractivity contribution in [3.8, 4) is 11.8 Å². The Morgan fingerprint density at radius 1 is 1.33 bits per heavy atom. The lowest BCUT2D eigenvalue weighted by molar-refractivity contribution is 0.331. The fourth-order valence-electron chi connectivity index (χ4n) is 2.00. The Bertz CT molecular complexity index is 784. The molecule has 3 aromatic rings. The van der Waals surface area contributed by atoms with Crippen LogP contribution >= 0.6 is 0 Å². The lowest BCUT2D eigenvalue weighted by Gasteiger charge is -2.09. The molecule has 0 unspecified atom stereocenters. The van der Waals surface area contributed by atoms with Gasteiger partial charge in [0.15, 0.2) is 0 Å². The van der Waals surface area contributed by atoms with Gasteiger partial charge in [0.25, 0.3) is 0 Å². The van der Waals surface area contributed by atoms with Crippen LogP contribution in [0.3, 0.4) is 0 Å². The number of imidazole rings is 1. The topological polar surface area (TPSA) is 96.0 Å². The van der Waals surface area contributed by atoms with Crippen molar-refractivity contribution in [1.82, 2.24) is 19.9 Å². The minimum atomic E-state index is -0.0288. The molecule has 2 heterocycles. The Morgan fingerprint density at radius 2 is 2.19 bits per heavy atom. The lowest BCUT2D eigenvalue weighted by Crippen LogP contribution is -2.03. The molecule has 0 bridgehead atoms. The first-order chi connectivity index (χ1) is 10.2. The van der Waals surface area contributed by atoms with Crippen molar-refractivity contribution in [2.24, 2.45) is 0 Å². The summed E-state index contributed by atoms with van der Waals surface area (Å²) in [4.78, 5) is 15.4. The highest BCUT2D eigenvalue weighted by Gasteiger charge is 2.10. The van der Waals surface area contributed by atoms with Crippen LogP contribution in [-0.4, -0.2) is 31.6 Å². The van der Waals surface area contributed by atoms with E-state index in [1.807, 2.05) is 32.0 Å². The second kappa shape index (κ2) is 5.28. The van der Waals surface area contributed by atoms with Crippen LogP contribution in [0.4, 0.5) is 11.9 Å². The average Bonchev–Trinajstić information content (AvgIpc) is 2.85. The van der Waals surface area contributed by atoms with Gasteiger partial charge in [-0.2, -0.15) is 4.98 Å². The molecule has 0 atom stereocenters. The number of nitrogens with one attached hydrogen (secondary N) is 2. The number of aryl methyl sites for hydroxylation is 1. The van der Waals surface area contributed by atoms with E-state index in [9.17, 15) is 5.11 Å². The van der Waals surface area contributed by atoms with Crippen LogP contribution in [0, 0.1) is 6.92 Å². The summed E-state index contributed by atoms with van der Waals surface area (Å²) in [6.45, 7) is 4.43. The maximum absolute atomic E-state index is 9.25. The molecular weight excluding hydrogens is 270 g/mol. The van der Waals surface area contributed by atoms with Gasteiger partial charge in [-0.05, 0) is 26.0 Å². The molecule has 0 spiro atoms. The summed E-state index contributed by atoms with van der Waals surface area (Å²) < 4.78 is 5.59. The Balaban J connectivity index is 2.05. The molecule has 1 aromatic carbocycles. The zero-order valence-corrected chi connectivity index (χ0v) is 11.7. The minimum absolute atomic E-state index is 0.0288. The Labute approximate surface area is 121 Å². The summed E-state index contributed by atoms with van der Waals surface area (Å²) in [7, 11) is 0. The van der Waals surface area contributed by atoms with E-state index in [1.54, 1.807) is 0 Å². The van der Waals surface area contributed by atoms with E-state index >= 15 is 0 Å². The zero-order chi connectivity index (χ0) is 14.8. The summed E-state index contributed by atoms with van der Waals surface area (Å²) >= 11 is 0. The number of aromatic nitrogens is 4. The maximum Gasteiger partial charge on any atom is 0.233 e. The van der Waals surface area contributed by atoms with Crippen LogP contribution < -0.4 is 10.1 Å².